The summed E-state index contributed by atoms with van der Waals surface area (Å²) in [4.78, 5) is 29.8. The third-order valence-corrected chi connectivity index (χ3v) is 9.80. The van der Waals surface area contributed by atoms with Crippen LogP contribution < -0.4 is 14.4 Å². The van der Waals surface area contributed by atoms with Gasteiger partial charge >= 0.3 is 0 Å². The van der Waals surface area contributed by atoms with Crippen LogP contribution in [0.25, 0.3) is 0 Å². The predicted molar refractivity (Wildman–Crippen MR) is 183 cm³/mol. The Kier molecular flexibility index (Phi) is 11.7. The number of carbonyl (C=O) groups is 2. The molecule has 1 unspecified atom stereocenters. The second-order valence-corrected chi connectivity index (χ2v) is 13.8. The first-order chi connectivity index (χ1) is 21.9. The van der Waals surface area contributed by atoms with Gasteiger partial charge in [0.25, 0.3) is 10.0 Å². The molecule has 0 fully saturated rings. The molecule has 0 heterocycles. The maximum atomic E-state index is 14.5. The van der Waals surface area contributed by atoms with Gasteiger partial charge in [-0.05, 0) is 74.4 Å². The normalized spacial score (nSPS) is 12.0. The Morgan fingerprint density at radius 3 is 2.15 bits per heavy atom. The highest BCUT2D eigenvalue weighted by Gasteiger charge is 2.35. The molecule has 4 aromatic carbocycles. The van der Waals surface area contributed by atoms with Crippen molar-refractivity contribution in [1.82, 2.24) is 10.2 Å². The Morgan fingerprint density at radius 1 is 0.848 bits per heavy atom. The van der Waals surface area contributed by atoms with Crippen LogP contribution in [0.2, 0.25) is 10.0 Å². The Bertz CT molecular complexity index is 1770. The largest absolute Gasteiger partial charge is 0.497 e. The van der Waals surface area contributed by atoms with E-state index >= 15 is 0 Å². The van der Waals surface area contributed by atoms with E-state index in [-0.39, 0.29) is 45.5 Å². The van der Waals surface area contributed by atoms with E-state index in [4.69, 9.17) is 27.9 Å². The molecule has 4 rings (SSSR count). The van der Waals surface area contributed by atoms with Crippen molar-refractivity contribution in [2.45, 2.75) is 50.7 Å². The summed E-state index contributed by atoms with van der Waals surface area (Å²) in [6, 6.07) is 26.1. The number of hydrogen-bond donors (Lipinski definition) is 1. The van der Waals surface area contributed by atoms with Crippen molar-refractivity contribution in [3.8, 4) is 5.75 Å². The first kappa shape index (κ1) is 34.8. The number of sulfonamides is 1. The van der Waals surface area contributed by atoms with Gasteiger partial charge in [0.05, 0.1) is 27.7 Å². The van der Waals surface area contributed by atoms with Crippen molar-refractivity contribution in [2.75, 3.05) is 18.0 Å². The fourth-order valence-electron chi connectivity index (χ4n) is 4.91. The van der Waals surface area contributed by atoms with Gasteiger partial charge in [0.1, 0.15) is 18.3 Å². The zero-order chi connectivity index (χ0) is 33.4. The number of anilines is 1. The molecular weight excluding hydrogens is 645 g/mol. The molecule has 0 saturated heterocycles. The molecule has 0 radical (unpaired) electrons. The Hall–Kier alpha value is -4.05. The molecule has 0 aliphatic carbocycles. The minimum Gasteiger partial charge on any atom is -0.497 e. The van der Waals surface area contributed by atoms with Crippen LogP contribution in [-0.2, 0) is 32.6 Å². The van der Waals surface area contributed by atoms with Gasteiger partial charge in [-0.15, -0.1) is 0 Å². The molecular formula is C35H37Cl2N3O5S. The van der Waals surface area contributed by atoms with Crippen LogP contribution >= 0.6 is 23.2 Å². The summed E-state index contributed by atoms with van der Waals surface area (Å²) in [5.41, 5.74) is 2.56. The smallest absolute Gasteiger partial charge is 0.264 e. The summed E-state index contributed by atoms with van der Waals surface area (Å²) in [5.74, 6) is -0.377. The van der Waals surface area contributed by atoms with Gasteiger partial charge in [-0.3, -0.25) is 13.9 Å². The van der Waals surface area contributed by atoms with Gasteiger partial charge in [0.15, 0.2) is 0 Å². The predicted octanol–water partition coefficient (Wildman–Crippen LogP) is 6.67. The average molecular weight is 683 g/mol. The number of carbonyl (C=O) groups excluding carboxylic acids is 2. The molecule has 2 amide bonds. The topological polar surface area (TPSA) is 96.0 Å². The van der Waals surface area contributed by atoms with Crippen LogP contribution in [0.15, 0.2) is 102 Å². The summed E-state index contributed by atoms with van der Waals surface area (Å²) >= 11 is 12.5. The molecule has 0 bridgehead atoms. The number of ether oxygens (including phenoxy) is 1. The number of rotatable bonds is 13. The highest BCUT2D eigenvalue weighted by atomic mass is 35.5. The van der Waals surface area contributed by atoms with Gasteiger partial charge in [0.2, 0.25) is 11.8 Å². The van der Waals surface area contributed by atoms with Crippen molar-refractivity contribution in [2.24, 2.45) is 0 Å². The fraction of sp³-hybridized carbons (Fsp3) is 0.257. The number of nitrogens with one attached hydrogen (secondary N) is 1. The van der Waals surface area contributed by atoms with E-state index in [1.54, 1.807) is 37.4 Å². The zero-order valence-electron chi connectivity index (χ0n) is 26.1. The van der Waals surface area contributed by atoms with E-state index in [1.807, 2.05) is 57.2 Å². The van der Waals surface area contributed by atoms with E-state index in [9.17, 15) is 18.0 Å². The monoisotopic (exact) mass is 681 g/mol. The van der Waals surface area contributed by atoms with Crippen molar-refractivity contribution in [3.63, 3.8) is 0 Å². The Morgan fingerprint density at radius 2 is 1.52 bits per heavy atom. The molecule has 4 aromatic rings. The van der Waals surface area contributed by atoms with Crippen LogP contribution in [0.3, 0.4) is 0 Å². The van der Waals surface area contributed by atoms with E-state index in [0.29, 0.717) is 11.3 Å². The molecule has 242 valence electrons. The van der Waals surface area contributed by atoms with E-state index in [1.165, 1.54) is 35.2 Å². The van der Waals surface area contributed by atoms with E-state index < -0.39 is 28.5 Å². The van der Waals surface area contributed by atoms with Crippen LogP contribution in [0.5, 0.6) is 5.75 Å². The summed E-state index contributed by atoms with van der Waals surface area (Å²) < 4.78 is 34.7. The highest BCUT2D eigenvalue weighted by Crippen LogP contribution is 2.31. The van der Waals surface area contributed by atoms with Gasteiger partial charge in [-0.25, -0.2) is 8.42 Å². The number of amides is 2. The minimum absolute atomic E-state index is 0.00490. The highest BCUT2D eigenvalue weighted by molar-refractivity contribution is 7.92. The zero-order valence-corrected chi connectivity index (χ0v) is 28.4. The number of aryl methyl sites for hydroxylation is 1. The fourth-order valence-corrected chi connectivity index (χ4v) is 6.61. The number of hydrogen-bond acceptors (Lipinski definition) is 5. The lowest BCUT2D eigenvalue weighted by Gasteiger charge is -2.34. The summed E-state index contributed by atoms with van der Waals surface area (Å²) in [6.45, 7) is 4.93. The molecule has 46 heavy (non-hydrogen) atoms. The van der Waals surface area contributed by atoms with Crippen molar-refractivity contribution in [1.29, 1.82) is 0 Å². The van der Waals surface area contributed by atoms with E-state index in [2.05, 4.69) is 5.32 Å². The third kappa shape index (κ3) is 8.81. The minimum atomic E-state index is -4.27. The molecule has 0 spiro atoms. The average Bonchev–Trinajstić information content (AvgIpc) is 3.03. The second-order valence-electron chi connectivity index (χ2n) is 11.2. The van der Waals surface area contributed by atoms with Gasteiger partial charge < -0.3 is 15.0 Å². The number of benzene rings is 4. The Balaban J connectivity index is 1.83. The third-order valence-electron chi connectivity index (χ3n) is 7.27. The van der Waals surface area contributed by atoms with Crippen LogP contribution in [0, 0.1) is 6.92 Å². The lowest BCUT2D eigenvalue weighted by Crippen LogP contribution is -2.54. The van der Waals surface area contributed by atoms with Crippen molar-refractivity contribution < 1.29 is 22.7 Å². The van der Waals surface area contributed by atoms with Crippen LogP contribution in [0.4, 0.5) is 5.69 Å². The number of nitrogens with zero attached hydrogens (tertiary/aromatic N) is 2. The Labute approximate surface area is 280 Å². The summed E-state index contributed by atoms with van der Waals surface area (Å²) in [7, 11) is -2.73. The summed E-state index contributed by atoms with van der Waals surface area (Å²) in [5, 5.41) is 3.31. The van der Waals surface area contributed by atoms with Gasteiger partial charge in [-0.1, -0.05) is 83.4 Å². The van der Waals surface area contributed by atoms with Gasteiger partial charge in [0, 0.05) is 19.0 Å². The molecule has 0 aliphatic rings. The van der Waals surface area contributed by atoms with Gasteiger partial charge in [-0.2, -0.15) is 0 Å². The van der Waals surface area contributed by atoms with E-state index in [0.717, 1.165) is 15.4 Å². The first-order valence-corrected chi connectivity index (χ1v) is 16.9. The second kappa shape index (κ2) is 15.5. The molecule has 11 heteroatoms. The van der Waals surface area contributed by atoms with Crippen LogP contribution in [0.1, 0.15) is 30.5 Å². The SMILES string of the molecule is COc1cccc(CN(C(=O)CN(c2ccc(Cl)c(Cl)c2)S(=O)(=O)c2ccc(C)cc2)C(Cc2ccccc2)C(=O)NC(C)C)c1. The number of methoxy groups -OCH3 is 1. The standard InChI is InChI=1S/C35H37Cl2N3O5S/c1-24(2)38-35(42)33(20-26-9-6-5-7-10-26)39(22-27-11-8-12-29(19-27)45-4)34(41)23-40(28-15-18-31(36)32(37)21-28)46(43,44)30-16-13-25(3)14-17-30/h5-19,21,24,33H,20,22-23H2,1-4H3,(H,38,42). The molecule has 1 atom stereocenters. The molecule has 0 aliphatic heterocycles. The maximum absolute atomic E-state index is 14.5. The quantitative estimate of drug-likeness (QED) is 0.170. The van der Waals surface area contributed by atoms with Crippen molar-refractivity contribution >= 4 is 50.7 Å². The lowest BCUT2D eigenvalue weighted by molar-refractivity contribution is -0.140. The molecule has 8 nitrogen and oxygen atoms in total. The number of halogens is 2. The van der Waals surface area contributed by atoms with Crippen LogP contribution in [-0.4, -0.2) is 50.9 Å². The summed E-state index contributed by atoms with van der Waals surface area (Å²) in [6.07, 6.45) is 0.201. The lowest BCUT2D eigenvalue weighted by atomic mass is 10.0. The molecule has 0 saturated carbocycles. The molecule has 0 aromatic heterocycles. The van der Waals surface area contributed by atoms with Crippen molar-refractivity contribution in [3.05, 3.63) is 124 Å². The first-order valence-electron chi connectivity index (χ1n) is 14.7. The molecule has 1 N–H and O–H groups in total. The maximum Gasteiger partial charge on any atom is 0.264 e.